The second kappa shape index (κ2) is 15.7. The van der Waals surface area contributed by atoms with Crippen LogP contribution in [-0.4, -0.2) is 0 Å². The normalized spacial score (nSPS) is 11.9. The zero-order chi connectivity index (χ0) is 46.5. The molecule has 0 aliphatic rings. The van der Waals surface area contributed by atoms with Crippen molar-refractivity contribution >= 4 is 0 Å². The Balaban J connectivity index is 1.40. The highest BCUT2D eigenvalue weighted by Gasteiger charge is 2.37. The van der Waals surface area contributed by atoms with Crippen LogP contribution in [0.2, 0.25) is 0 Å². The third-order valence-electron chi connectivity index (χ3n) is 10.6. The highest BCUT2D eigenvalue weighted by molar-refractivity contribution is 5.78. The van der Waals surface area contributed by atoms with Gasteiger partial charge in [-0.3, -0.25) is 0 Å². The Bertz CT molecular complexity index is 2770. The van der Waals surface area contributed by atoms with Crippen molar-refractivity contribution in [3.05, 3.63) is 162 Å². The number of aryl methyl sites for hydroxylation is 4. The summed E-state index contributed by atoms with van der Waals surface area (Å²) in [6.07, 6.45) is 0. The molecule has 0 saturated heterocycles. The molecule has 0 N–H and O–H groups in total. The van der Waals surface area contributed by atoms with E-state index in [9.17, 15) is 39.5 Å². The predicted molar refractivity (Wildman–Crippen MR) is 191 cm³/mol. The fourth-order valence-corrected chi connectivity index (χ4v) is 7.24. The average Bonchev–Trinajstić information content (AvgIpc) is 3.21. The lowest BCUT2D eigenvalue weighted by molar-refractivity contribution is 0.361. The van der Waals surface area contributed by atoms with Gasteiger partial charge in [0.2, 0.25) is 23.2 Å². The van der Waals surface area contributed by atoms with Crippen molar-refractivity contribution in [2.45, 2.75) is 53.9 Å². The molecule has 0 radical (unpaired) electrons. The van der Waals surface area contributed by atoms with Gasteiger partial charge >= 0.3 is 0 Å². The van der Waals surface area contributed by atoms with E-state index in [0.717, 1.165) is 0 Å². The van der Waals surface area contributed by atoms with Crippen molar-refractivity contribution in [1.29, 1.82) is 0 Å². The maximum atomic E-state index is 15.7. The van der Waals surface area contributed by atoms with Gasteiger partial charge in [0.1, 0.15) is 5.75 Å². The maximum Gasteiger partial charge on any atom is 0.205 e. The number of ether oxygens (including phenoxy) is 1. The monoisotopic (exact) mass is 892 g/mol. The van der Waals surface area contributed by atoms with Gasteiger partial charge in [0.05, 0.1) is 27.8 Å². The van der Waals surface area contributed by atoms with Crippen LogP contribution in [0.3, 0.4) is 0 Å². The Morgan fingerprint density at radius 3 is 0.871 bits per heavy atom. The van der Waals surface area contributed by atoms with E-state index in [4.69, 9.17) is 4.74 Å². The zero-order valence-corrected chi connectivity index (χ0v) is 32.6. The summed E-state index contributed by atoms with van der Waals surface area (Å²) < 4.78 is 257. The summed E-state index contributed by atoms with van der Waals surface area (Å²) in [5, 5.41) is 0. The molecule has 0 heterocycles. The summed E-state index contributed by atoms with van der Waals surface area (Å²) >= 11 is 0. The summed E-state index contributed by atoms with van der Waals surface area (Å²) in [5.41, 5.74) is -11.9. The standard InChI is InChI=1S/C44H25F17O/c1-12-8-17(9-13(2)19(12)20-29(49)31(51)22(32(52)30(20)50)21-27(47)25(45)16(5)26(46)28(21)48)44(6,7)18-10-14(3)42(15(4)11-18)62-43-40(60)35(55)24(36(56)41(43)61)23-33(53)37(57)39(59)38(58)34(23)54/h8-11H,1-7H3. The number of halogens is 17. The fraction of sp³-hybridized carbons (Fsp3) is 0.182. The highest BCUT2D eigenvalue weighted by Crippen LogP contribution is 2.46. The molecule has 0 fully saturated rings. The Labute approximate surface area is 340 Å². The lowest BCUT2D eigenvalue weighted by atomic mass is 9.75. The zero-order valence-electron chi connectivity index (χ0n) is 32.6. The van der Waals surface area contributed by atoms with Crippen molar-refractivity contribution in [3.63, 3.8) is 0 Å². The van der Waals surface area contributed by atoms with E-state index in [1.165, 1.54) is 52.0 Å². The number of rotatable bonds is 7. The van der Waals surface area contributed by atoms with E-state index in [1.54, 1.807) is 13.8 Å². The highest BCUT2D eigenvalue weighted by atomic mass is 19.2. The van der Waals surface area contributed by atoms with Crippen LogP contribution < -0.4 is 4.74 Å². The van der Waals surface area contributed by atoms with E-state index >= 15 is 35.1 Å². The minimum Gasteiger partial charge on any atom is -0.450 e. The van der Waals surface area contributed by atoms with E-state index in [-0.39, 0.29) is 22.3 Å². The molecule has 0 aromatic heterocycles. The summed E-state index contributed by atoms with van der Waals surface area (Å²) in [5.74, 6) is -43.5. The first-order chi connectivity index (χ1) is 28.7. The minimum atomic E-state index is -2.73. The van der Waals surface area contributed by atoms with Crippen LogP contribution in [0, 0.1) is 134 Å². The van der Waals surface area contributed by atoms with E-state index < -0.39 is 155 Å². The van der Waals surface area contributed by atoms with Crippen LogP contribution in [0.4, 0.5) is 74.6 Å². The maximum absolute atomic E-state index is 15.7. The van der Waals surface area contributed by atoms with Crippen LogP contribution >= 0.6 is 0 Å². The fourth-order valence-electron chi connectivity index (χ4n) is 7.24. The lowest BCUT2D eigenvalue weighted by Gasteiger charge is -2.29. The lowest BCUT2D eigenvalue weighted by Crippen LogP contribution is -2.20. The molecule has 0 aliphatic carbocycles. The second-order valence-electron chi connectivity index (χ2n) is 14.8. The van der Waals surface area contributed by atoms with Gasteiger partial charge < -0.3 is 4.74 Å². The van der Waals surface area contributed by atoms with Gasteiger partial charge in [-0.15, -0.1) is 0 Å². The van der Waals surface area contributed by atoms with Gasteiger partial charge in [-0.1, -0.05) is 38.1 Å². The summed E-state index contributed by atoms with van der Waals surface area (Å²) in [6.45, 7) is 9.09. The van der Waals surface area contributed by atoms with Crippen LogP contribution in [0.25, 0.3) is 33.4 Å². The van der Waals surface area contributed by atoms with Crippen molar-refractivity contribution < 1.29 is 79.4 Å². The van der Waals surface area contributed by atoms with E-state index in [0.29, 0.717) is 18.1 Å². The Morgan fingerprint density at radius 2 is 0.532 bits per heavy atom. The summed E-state index contributed by atoms with van der Waals surface area (Å²) in [6, 6.07) is 5.47. The first-order valence-electron chi connectivity index (χ1n) is 17.7. The van der Waals surface area contributed by atoms with Crippen LogP contribution in [0.5, 0.6) is 11.5 Å². The Kier molecular flexibility index (Phi) is 11.5. The van der Waals surface area contributed by atoms with Gasteiger partial charge in [0, 0.05) is 11.0 Å². The molecule has 0 aliphatic heterocycles. The third kappa shape index (κ3) is 6.72. The molecule has 0 atom stereocenters. The average molecular weight is 893 g/mol. The Hall–Kier alpha value is -6.07. The van der Waals surface area contributed by atoms with Gasteiger partial charge in [-0.2, -0.15) is 8.78 Å². The SMILES string of the molecule is Cc1cc(C(C)(C)c2cc(C)c(-c3c(F)c(F)c(-c4c(F)c(F)c(C)c(F)c4F)c(F)c3F)c(C)c2)cc(C)c1Oc1c(F)c(F)c(-c2c(F)c(F)c(F)c(F)c2F)c(F)c1F. The molecule has 0 unspecified atom stereocenters. The summed E-state index contributed by atoms with van der Waals surface area (Å²) in [7, 11) is 0. The first kappa shape index (κ1) is 45.5. The number of benzene rings is 6. The van der Waals surface area contributed by atoms with Gasteiger partial charge in [0.15, 0.2) is 81.4 Å². The molecule has 6 aromatic carbocycles. The minimum absolute atomic E-state index is 0.0139. The molecular weight excluding hydrogens is 867 g/mol. The molecule has 18 heteroatoms. The predicted octanol–water partition coefficient (Wildman–Crippen LogP) is 14.7. The molecule has 0 saturated carbocycles. The van der Waals surface area contributed by atoms with Gasteiger partial charge in [-0.25, -0.2) is 65.9 Å². The van der Waals surface area contributed by atoms with Crippen LogP contribution in [-0.2, 0) is 5.41 Å². The topological polar surface area (TPSA) is 9.23 Å². The number of hydrogen-bond donors (Lipinski definition) is 0. The molecule has 0 bridgehead atoms. The summed E-state index contributed by atoms with van der Waals surface area (Å²) in [4.78, 5) is 0. The van der Waals surface area contributed by atoms with E-state index in [1.807, 2.05) is 0 Å². The van der Waals surface area contributed by atoms with Crippen molar-refractivity contribution in [3.8, 4) is 44.9 Å². The largest absolute Gasteiger partial charge is 0.450 e. The Morgan fingerprint density at radius 1 is 0.290 bits per heavy atom. The quantitative estimate of drug-likeness (QED) is 0.0881. The molecule has 0 spiro atoms. The van der Waals surface area contributed by atoms with Crippen LogP contribution in [0.15, 0.2) is 24.3 Å². The molecule has 326 valence electrons. The second-order valence-corrected chi connectivity index (χ2v) is 14.8. The van der Waals surface area contributed by atoms with Crippen molar-refractivity contribution in [2.75, 3.05) is 0 Å². The molecule has 62 heavy (non-hydrogen) atoms. The molecule has 6 rings (SSSR count). The number of hydrogen-bond acceptors (Lipinski definition) is 1. The van der Waals surface area contributed by atoms with E-state index in [2.05, 4.69) is 0 Å². The van der Waals surface area contributed by atoms with Gasteiger partial charge in [-0.05, 0) is 73.6 Å². The smallest absolute Gasteiger partial charge is 0.205 e. The van der Waals surface area contributed by atoms with Crippen LogP contribution in [0.1, 0.15) is 52.8 Å². The molecular formula is C44H25F17O. The van der Waals surface area contributed by atoms with Gasteiger partial charge in [0.25, 0.3) is 0 Å². The van der Waals surface area contributed by atoms with Crippen molar-refractivity contribution in [2.24, 2.45) is 0 Å². The van der Waals surface area contributed by atoms with Crippen molar-refractivity contribution in [1.82, 2.24) is 0 Å². The molecule has 1 nitrogen and oxygen atoms in total. The molecule has 6 aromatic rings. The third-order valence-corrected chi connectivity index (χ3v) is 10.6. The first-order valence-corrected chi connectivity index (χ1v) is 17.7. The molecule has 0 amide bonds.